The van der Waals surface area contributed by atoms with Crippen LogP contribution in [0.1, 0.15) is 43.5 Å². The van der Waals surface area contributed by atoms with Crippen molar-refractivity contribution in [3.63, 3.8) is 0 Å². The van der Waals surface area contributed by atoms with E-state index >= 15 is 0 Å². The van der Waals surface area contributed by atoms with Gasteiger partial charge in [-0.3, -0.25) is 4.98 Å². The lowest BCUT2D eigenvalue weighted by molar-refractivity contribution is 0.264. The number of hydrogen-bond acceptors (Lipinski definition) is 3. The fraction of sp³-hybridized carbons (Fsp3) is 0.389. The second kappa shape index (κ2) is 7.42. The van der Waals surface area contributed by atoms with Crippen LogP contribution in [0.25, 0.3) is 0 Å². The molecule has 1 aliphatic heterocycles. The van der Waals surface area contributed by atoms with E-state index in [4.69, 9.17) is 0 Å². The lowest BCUT2D eigenvalue weighted by Gasteiger charge is -2.33. The lowest BCUT2D eigenvalue weighted by atomic mass is 10.0. The molecule has 0 unspecified atom stereocenters. The van der Waals surface area contributed by atoms with E-state index in [1.165, 1.54) is 0 Å². The maximum atomic E-state index is 12.9. The van der Waals surface area contributed by atoms with E-state index in [0.717, 1.165) is 24.8 Å². The minimum atomic E-state index is -3.58. The van der Waals surface area contributed by atoms with Gasteiger partial charge in [-0.2, -0.15) is 17.4 Å². The van der Waals surface area contributed by atoms with Crippen molar-refractivity contribution in [2.24, 2.45) is 0 Å². The van der Waals surface area contributed by atoms with Crippen LogP contribution in [0.15, 0.2) is 54.7 Å². The molecule has 1 saturated heterocycles. The Kier molecular flexibility index (Phi) is 5.28. The third-order valence-electron chi connectivity index (χ3n) is 4.43. The highest BCUT2D eigenvalue weighted by Crippen LogP contribution is 2.24. The van der Waals surface area contributed by atoms with Crippen LogP contribution in [0.3, 0.4) is 0 Å². The SMILES string of the molecule is C[C@@H]1CCCCN1S(=O)(=O)N[C@@H](c1ccccc1)c1ccccn1. The van der Waals surface area contributed by atoms with Crippen molar-refractivity contribution < 1.29 is 8.42 Å². The van der Waals surface area contributed by atoms with Crippen LogP contribution in [-0.2, 0) is 10.2 Å². The van der Waals surface area contributed by atoms with Crippen LogP contribution < -0.4 is 4.72 Å². The molecule has 0 saturated carbocycles. The monoisotopic (exact) mass is 345 g/mol. The average Bonchev–Trinajstić information content (AvgIpc) is 2.61. The molecule has 2 aromatic rings. The zero-order chi connectivity index (χ0) is 17.0. The number of nitrogens with one attached hydrogen (secondary N) is 1. The fourth-order valence-electron chi connectivity index (χ4n) is 3.14. The Morgan fingerprint density at radius 3 is 2.54 bits per heavy atom. The van der Waals surface area contributed by atoms with Crippen molar-refractivity contribution in [1.29, 1.82) is 0 Å². The Morgan fingerprint density at radius 2 is 1.88 bits per heavy atom. The highest BCUT2D eigenvalue weighted by molar-refractivity contribution is 7.87. The molecule has 2 atom stereocenters. The van der Waals surface area contributed by atoms with Crippen molar-refractivity contribution in [3.05, 3.63) is 66.0 Å². The summed E-state index contributed by atoms with van der Waals surface area (Å²) in [4.78, 5) is 4.36. The summed E-state index contributed by atoms with van der Waals surface area (Å²) in [5.74, 6) is 0. The fourth-order valence-corrected chi connectivity index (χ4v) is 4.78. The van der Waals surface area contributed by atoms with Crippen molar-refractivity contribution in [2.45, 2.75) is 38.3 Å². The summed E-state index contributed by atoms with van der Waals surface area (Å²) in [6.45, 7) is 2.54. The van der Waals surface area contributed by atoms with E-state index in [2.05, 4.69) is 9.71 Å². The number of pyridine rings is 1. The summed E-state index contributed by atoms with van der Waals surface area (Å²) >= 11 is 0. The lowest BCUT2D eigenvalue weighted by Crippen LogP contribution is -2.49. The first-order valence-corrected chi connectivity index (χ1v) is 9.77. The molecule has 0 aliphatic carbocycles. The second-order valence-corrected chi connectivity index (χ2v) is 7.83. The Balaban J connectivity index is 1.92. The maximum absolute atomic E-state index is 12.9. The molecule has 0 bridgehead atoms. The highest BCUT2D eigenvalue weighted by Gasteiger charge is 2.32. The standard InChI is InChI=1S/C18H23N3O2S/c1-15-9-6-8-14-21(15)24(22,23)20-18(16-10-3-2-4-11-16)17-12-5-7-13-19-17/h2-5,7,10-13,15,18,20H,6,8-9,14H2,1H3/t15-,18+/m1/s1. The number of benzene rings is 1. The van der Waals surface area contributed by atoms with Gasteiger partial charge in [0.05, 0.1) is 11.7 Å². The average molecular weight is 345 g/mol. The molecule has 5 nitrogen and oxygen atoms in total. The first-order chi connectivity index (χ1) is 11.6. The predicted molar refractivity (Wildman–Crippen MR) is 94.6 cm³/mol. The second-order valence-electron chi connectivity index (χ2n) is 6.18. The van der Waals surface area contributed by atoms with Gasteiger partial charge in [-0.25, -0.2) is 0 Å². The normalized spacial score (nSPS) is 20.6. The van der Waals surface area contributed by atoms with Crippen LogP contribution in [0.2, 0.25) is 0 Å². The minimum absolute atomic E-state index is 0.0244. The topological polar surface area (TPSA) is 62.3 Å². The van der Waals surface area contributed by atoms with Crippen molar-refractivity contribution in [2.75, 3.05) is 6.54 Å². The largest absolute Gasteiger partial charge is 0.280 e. The van der Waals surface area contributed by atoms with Gasteiger partial charge in [-0.1, -0.05) is 42.8 Å². The van der Waals surface area contributed by atoms with E-state index in [-0.39, 0.29) is 6.04 Å². The van der Waals surface area contributed by atoms with Gasteiger partial charge in [0.25, 0.3) is 10.2 Å². The van der Waals surface area contributed by atoms with Gasteiger partial charge in [0, 0.05) is 18.8 Å². The molecule has 1 aromatic carbocycles. The molecular weight excluding hydrogens is 322 g/mol. The number of rotatable bonds is 5. The molecule has 3 rings (SSSR count). The van der Waals surface area contributed by atoms with Gasteiger partial charge in [-0.05, 0) is 37.5 Å². The van der Waals surface area contributed by atoms with E-state index in [0.29, 0.717) is 12.2 Å². The van der Waals surface area contributed by atoms with Gasteiger partial charge in [0.2, 0.25) is 0 Å². The summed E-state index contributed by atoms with van der Waals surface area (Å²) in [5, 5.41) is 0. The number of piperidine rings is 1. The molecule has 1 N–H and O–H groups in total. The van der Waals surface area contributed by atoms with Crippen LogP contribution in [0.5, 0.6) is 0 Å². The highest BCUT2D eigenvalue weighted by atomic mass is 32.2. The summed E-state index contributed by atoms with van der Waals surface area (Å²) in [6.07, 6.45) is 4.57. The molecule has 6 heteroatoms. The van der Waals surface area contributed by atoms with E-state index < -0.39 is 16.3 Å². The molecule has 1 fully saturated rings. The first kappa shape index (κ1) is 17.1. The molecule has 2 heterocycles. The summed E-state index contributed by atoms with van der Waals surface area (Å²) < 4.78 is 30.3. The van der Waals surface area contributed by atoms with Gasteiger partial charge >= 0.3 is 0 Å². The molecule has 1 aliphatic rings. The quantitative estimate of drug-likeness (QED) is 0.906. The van der Waals surface area contributed by atoms with Crippen LogP contribution >= 0.6 is 0 Å². The van der Waals surface area contributed by atoms with Crippen LogP contribution in [-0.4, -0.2) is 30.3 Å². The Bertz CT molecular complexity index is 711. The molecular formula is C18H23N3O2S. The Hall–Kier alpha value is -1.76. The molecule has 0 radical (unpaired) electrons. The third-order valence-corrected chi connectivity index (χ3v) is 6.13. The zero-order valence-corrected chi connectivity index (χ0v) is 14.6. The summed E-state index contributed by atoms with van der Waals surface area (Å²) in [7, 11) is -3.58. The third kappa shape index (κ3) is 3.83. The molecule has 1 aromatic heterocycles. The summed E-state index contributed by atoms with van der Waals surface area (Å²) in [6, 6.07) is 14.6. The van der Waals surface area contributed by atoms with E-state index in [1.807, 2.05) is 55.5 Å². The Morgan fingerprint density at radius 1 is 1.12 bits per heavy atom. The van der Waals surface area contributed by atoms with Crippen molar-refractivity contribution >= 4 is 10.2 Å². The summed E-state index contributed by atoms with van der Waals surface area (Å²) in [5.41, 5.74) is 1.57. The zero-order valence-electron chi connectivity index (χ0n) is 13.8. The van der Waals surface area contributed by atoms with Gasteiger partial charge < -0.3 is 0 Å². The van der Waals surface area contributed by atoms with Crippen molar-refractivity contribution in [3.8, 4) is 0 Å². The Labute approximate surface area is 143 Å². The molecule has 128 valence electrons. The van der Waals surface area contributed by atoms with Crippen LogP contribution in [0, 0.1) is 0 Å². The first-order valence-electron chi connectivity index (χ1n) is 8.33. The molecule has 0 amide bonds. The molecule has 0 spiro atoms. The van der Waals surface area contributed by atoms with E-state index in [9.17, 15) is 8.42 Å². The van der Waals surface area contributed by atoms with Gasteiger partial charge in [0.1, 0.15) is 0 Å². The van der Waals surface area contributed by atoms with Crippen molar-refractivity contribution in [1.82, 2.24) is 14.0 Å². The number of aromatic nitrogens is 1. The van der Waals surface area contributed by atoms with Gasteiger partial charge in [0.15, 0.2) is 0 Å². The van der Waals surface area contributed by atoms with E-state index in [1.54, 1.807) is 10.5 Å². The maximum Gasteiger partial charge on any atom is 0.280 e. The smallest absolute Gasteiger partial charge is 0.259 e. The predicted octanol–water partition coefficient (Wildman–Crippen LogP) is 2.88. The van der Waals surface area contributed by atoms with Crippen LogP contribution in [0.4, 0.5) is 0 Å². The number of nitrogens with zero attached hydrogens (tertiary/aromatic N) is 2. The number of hydrogen-bond donors (Lipinski definition) is 1. The molecule has 24 heavy (non-hydrogen) atoms. The minimum Gasteiger partial charge on any atom is -0.259 e. The van der Waals surface area contributed by atoms with Gasteiger partial charge in [-0.15, -0.1) is 0 Å².